The second-order valence-corrected chi connectivity index (χ2v) is 9.26. The predicted octanol–water partition coefficient (Wildman–Crippen LogP) is 3.08. The predicted molar refractivity (Wildman–Crippen MR) is 104 cm³/mol. The molecule has 1 amide bonds. The van der Waals surface area contributed by atoms with Gasteiger partial charge in [-0.15, -0.1) is 0 Å². The third-order valence-electron chi connectivity index (χ3n) is 5.30. The number of carbonyl (C=O) groups is 1. The van der Waals surface area contributed by atoms with E-state index in [2.05, 4.69) is 5.32 Å². The van der Waals surface area contributed by atoms with Gasteiger partial charge in [-0.05, 0) is 65.1 Å². The molecule has 148 valence electrons. The van der Waals surface area contributed by atoms with E-state index >= 15 is 0 Å². The molecule has 0 bridgehead atoms. The summed E-state index contributed by atoms with van der Waals surface area (Å²) in [5, 5.41) is 2.91. The van der Waals surface area contributed by atoms with Crippen LogP contribution in [0.25, 0.3) is 0 Å². The molecule has 0 spiro atoms. The molecule has 0 unspecified atom stereocenters. The van der Waals surface area contributed by atoms with E-state index in [1.54, 1.807) is 0 Å². The molecule has 0 saturated carbocycles. The molecular weight excluding hydrogens is 345 g/mol. The standard InChI is InChI=1S/C20H30BNO5/c1-18(2,3)25-17(23)22-16-12-24-11-13-8-9-14(10-15(13)16)21-26-19(4,5)20(6,7)27-21/h8-10,16H,11-12H2,1-7H3,(H,22,23)/t16-/m1/s1. The van der Waals surface area contributed by atoms with Gasteiger partial charge in [0.05, 0.1) is 30.5 Å². The fraction of sp³-hybridized carbons (Fsp3) is 0.650. The Morgan fingerprint density at radius 3 is 2.41 bits per heavy atom. The fourth-order valence-electron chi connectivity index (χ4n) is 3.14. The van der Waals surface area contributed by atoms with Gasteiger partial charge in [0.2, 0.25) is 0 Å². The van der Waals surface area contributed by atoms with Crippen LogP contribution in [0.5, 0.6) is 0 Å². The zero-order valence-electron chi connectivity index (χ0n) is 17.3. The van der Waals surface area contributed by atoms with Gasteiger partial charge in [0, 0.05) is 0 Å². The van der Waals surface area contributed by atoms with Crippen molar-refractivity contribution >= 4 is 18.7 Å². The molecule has 1 fully saturated rings. The normalized spacial score (nSPS) is 23.7. The number of nitrogens with one attached hydrogen (secondary N) is 1. The summed E-state index contributed by atoms with van der Waals surface area (Å²) in [4.78, 5) is 12.2. The van der Waals surface area contributed by atoms with Gasteiger partial charge < -0.3 is 24.1 Å². The van der Waals surface area contributed by atoms with Crippen LogP contribution < -0.4 is 10.8 Å². The number of amides is 1. The maximum atomic E-state index is 12.2. The first-order chi connectivity index (χ1) is 12.4. The Bertz CT molecular complexity index is 710. The Hall–Kier alpha value is -1.57. The highest BCUT2D eigenvalue weighted by Crippen LogP contribution is 2.37. The highest BCUT2D eigenvalue weighted by Gasteiger charge is 2.51. The van der Waals surface area contributed by atoms with E-state index in [4.69, 9.17) is 18.8 Å². The monoisotopic (exact) mass is 375 g/mol. The fourth-order valence-corrected chi connectivity index (χ4v) is 3.14. The van der Waals surface area contributed by atoms with Gasteiger partial charge in [-0.25, -0.2) is 4.79 Å². The average molecular weight is 375 g/mol. The van der Waals surface area contributed by atoms with Crippen LogP contribution in [0.4, 0.5) is 4.79 Å². The summed E-state index contributed by atoms with van der Waals surface area (Å²) >= 11 is 0. The van der Waals surface area contributed by atoms with Crippen LogP contribution in [-0.4, -0.2) is 36.6 Å². The number of fused-ring (bicyclic) bond motifs is 1. The number of hydrogen-bond donors (Lipinski definition) is 1. The number of benzene rings is 1. The van der Waals surface area contributed by atoms with Crippen LogP contribution in [0.15, 0.2) is 18.2 Å². The third kappa shape index (κ3) is 4.31. The van der Waals surface area contributed by atoms with E-state index in [1.807, 2.05) is 66.7 Å². The van der Waals surface area contributed by atoms with Gasteiger partial charge in [0.15, 0.2) is 0 Å². The minimum atomic E-state index is -0.549. The highest BCUT2D eigenvalue weighted by molar-refractivity contribution is 6.62. The van der Waals surface area contributed by atoms with Crippen LogP contribution in [0.1, 0.15) is 65.6 Å². The van der Waals surface area contributed by atoms with Crippen molar-refractivity contribution in [1.29, 1.82) is 0 Å². The van der Waals surface area contributed by atoms with Crippen LogP contribution in [0.3, 0.4) is 0 Å². The highest BCUT2D eigenvalue weighted by atomic mass is 16.7. The van der Waals surface area contributed by atoms with E-state index in [-0.39, 0.29) is 6.04 Å². The third-order valence-corrected chi connectivity index (χ3v) is 5.30. The lowest BCUT2D eigenvalue weighted by molar-refractivity contribution is 0.00578. The molecule has 3 rings (SSSR count). The van der Waals surface area contributed by atoms with Gasteiger partial charge in [-0.1, -0.05) is 18.2 Å². The first kappa shape index (κ1) is 20.2. The summed E-state index contributed by atoms with van der Waals surface area (Å²) in [6, 6.07) is 5.78. The van der Waals surface area contributed by atoms with Crippen molar-refractivity contribution < 1.29 is 23.6 Å². The van der Waals surface area contributed by atoms with E-state index in [1.165, 1.54) is 0 Å². The zero-order chi connectivity index (χ0) is 20.0. The van der Waals surface area contributed by atoms with Crippen LogP contribution >= 0.6 is 0 Å². The van der Waals surface area contributed by atoms with Gasteiger partial charge in [-0.2, -0.15) is 0 Å². The minimum Gasteiger partial charge on any atom is -0.444 e. The second kappa shape index (κ2) is 6.80. The summed E-state index contributed by atoms with van der Waals surface area (Å²) in [6.45, 7) is 14.6. The number of ether oxygens (including phenoxy) is 2. The van der Waals surface area contributed by atoms with Gasteiger partial charge in [0.1, 0.15) is 5.60 Å². The molecule has 1 saturated heterocycles. The Morgan fingerprint density at radius 1 is 1.19 bits per heavy atom. The van der Waals surface area contributed by atoms with Gasteiger partial charge >= 0.3 is 13.2 Å². The first-order valence-corrected chi connectivity index (χ1v) is 9.44. The number of rotatable bonds is 2. The maximum absolute atomic E-state index is 12.2. The molecule has 1 atom stereocenters. The molecule has 0 aromatic heterocycles. The summed E-state index contributed by atoms with van der Waals surface area (Å²) < 4.78 is 23.3. The van der Waals surface area contributed by atoms with Crippen molar-refractivity contribution in [2.45, 2.75) is 77.9 Å². The molecule has 1 N–H and O–H groups in total. The van der Waals surface area contributed by atoms with Crippen LogP contribution in [0.2, 0.25) is 0 Å². The van der Waals surface area contributed by atoms with Crippen molar-refractivity contribution in [2.24, 2.45) is 0 Å². The van der Waals surface area contributed by atoms with E-state index in [0.717, 1.165) is 16.6 Å². The van der Waals surface area contributed by atoms with Crippen LogP contribution in [0, 0.1) is 0 Å². The largest absolute Gasteiger partial charge is 0.494 e. The smallest absolute Gasteiger partial charge is 0.444 e. The molecular formula is C20H30BNO5. The molecule has 7 heteroatoms. The Morgan fingerprint density at radius 2 is 1.81 bits per heavy atom. The van der Waals surface area contributed by atoms with Crippen LogP contribution in [-0.2, 0) is 25.4 Å². The Kier molecular flexibility index (Phi) is 5.08. The van der Waals surface area contributed by atoms with Gasteiger partial charge in [0.25, 0.3) is 0 Å². The second-order valence-electron chi connectivity index (χ2n) is 9.26. The van der Waals surface area contributed by atoms with Crippen molar-refractivity contribution in [1.82, 2.24) is 5.32 Å². The molecule has 2 aliphatic heterocycles. The molecule has 0 radical (unpaired) electrons. The van der Waals surface area contributed by atoms with Crippen molar-refractivity contribution in [3.05, 3.63) is 29.3 Å². The summed E-state index contributed by atoms with van der Waals surface area (Å²) in [5.41, 5.74) is 1.65. The topological polar surface area (TPSA) is 66.0 Å². The molecule has 2 heterocycles. The quantitative estimate of drug-likeness (QED) is 0.805. The minimum absolute atomic E-state index is 0.272. The zero-order valence-corrected chi connectivity index (χ0v) is 17.3. The van der Waals surface area contributed by atoms with Crippen molar-refractivity contribution in [3.8, 4) is 0 Å². The maximum Gasteiger partial charge on any atom is 0.494 e. The van der Waals surface area contributed by atoms with Crippen molar-refractivity contribution in [2.75, 3.05) is 6.61 Å². The average Bonchev–Trinajstić information content (AvgIpc) is 2.73. The Labute approximate surface area is 162 Å². The van der Waals surface area contributed by atoms with Gasteiger partial charge in [-0.3, -0.25) is 0 Å². The van der Waals surface area contributed by atoms with E-state index in [0.29, 0.717) is 13.2 Å². The number of alkyl carbamates (subject to hydrolysis) is 1. The molecule has 0 aliphatic carbocycles. The lowest BCUT2D eigenvalue weighted by Crippen LogP contribution is -2.41. The molecule has 1 aromatic carbocycles. The number of carbonyl (C=O) groups excluding carboxylic acids is 1. The lowest BCUT2D eigenvalue weighted by atomic mass is 9.77. The first-order valence-electron chi connectivity index (χ1n) is 9.44. The molecule has 27 heavy (non-hydrogen) atoms. The molecule has 6 nitrogen and oxygen atoms in total. The van der Waals surface area contributed by atoms with E-state index < -0.39 is 30.0 Å². The summed E-state index contributed by atoms with van der Waals surface area (Å²) in [5.74, 6) is 0. The lowest BCUT2D eigenvalue weighted by Gasteiger charge is -2.32. The number of hydrogen-bond acceptors (Lipinski definition) is 5. The Balaban J connectivity index is 1.81. The summed E-state index contributed by atoms with van der Waals surface area (Å²) in [6.07, 6.45) is -0.454. The van der Waals surface area contributed by atoms with Crippen molar-refractivity contribution in [3.63, 3.8) is 0 Å². The summed E-state index contributed by atoms with van der Waals surface area (Å²) in [7, 11) is -0.440. The molecule has 2 aliphatic rings. The molecule has 1 aromatic rings. The SMILES string of the molecule is CC(C)(C)OC(=O)N[C@@H]1COCc2ccc(B3OC(C)(C)C(C)(C)O3)cc21. The van der Waals surface area contributed by atoms with E-state index in [9.17, 15) is 4.79 Å².